The molecule has 2 rings (SSSR count). The molecule has 110 valence electrons. The molecule has 0 spiro atoms. The summed E-state index contributed by atoms with van der Waals surface area (Å²) in [5.41, 5.74) is 4.03. The lowest BCUT2D eigenvalue weighted by atomic mass is 9.98. The van der Waals surface area contributed by atoms with Crippen LogP contribution in [0.3, 0.4) is 0 Å². The van der Waals surface area contributed by atoms with Crippen molar-refractivity contribution in [3.63, 3.8) is 0 Å². The number of aryl methyl sites for hydroxylation is 1. The van der Waals surface area contributed by atoms with E-state index in [2.05, 4.69) is 4.90 Å². The zero-order valence-electron chi connectivity index (χ0n) is 12.8. The Balaban J connectivity index is 2.13. The summed E-state index contributed by atoms with van der Waals surface area (Å²) in [5.74, 6) is 0.866. The highest BCUT2D eigenvalue weighted by Gasteiger charge is 2.04. The van der Waals surface area contributed by atoms with Gasteiger partial charge in [-0.2, -0.15) is 0 Å². The largest absolute Gasteiger partial charge is 0.492 e. The van der Waals surface area contributed by atoms with E-state index in [0.29, 0.717) is 12.2 Å². The van der Waals surface area contributed by atoms with Gasteiger partial charge in [0, 0.05) is 12.1 Å². The first kappa shape index (κ1) is 15.3. The standard InChI is InChI=1S/C18H21NO2/c1-14-4-5-15(13-20)12-18(14)16-6-8-17(9-7-16)21-11-10-19(2)3/h4-9,12-13H,10-11H2,1-3H3. The highest BCUT2D eigenvalue weighted by molar-refractivity contribution is 5.80. The van der Waals surface area contributed by atoms with Gasteiger partial charge < -0.3 is 9.64 Å². The Morgan fingerprint density at radius 2 is 1.81 bits per heavy atom. The lowest BCUT2D eigenvalue weighted by Crippen LogP contribution is -2.19. The molecule has 0 saturated carbocycles. The minimum absolute atomic E-state index is 0.673. The van der Waals surface area contributed by atoms with Crippen molar-refractivity contribution < 1.29 is 9.53 Å². The second kappa shape index (κ2) is 7.04. The molecule has 0 heterocycles. The van der Waals surface area contributed by atoms with Gasteiger partial charge in [-0.15, -0.1) is 0 Å². The molecule has 21 heavy (non-hydrogen) atoms. The Morgan fingerprint density at radius 1 is 1.10 bits per heavy atom. The van der Waals surface area contributed by atoms with Crippen LogP contribution in [0.15, 0.2) is 42.5 Å². The van der Waals surface area contributed by atoms with E-state index in [1.807, 2.05) is 63.5 Å². The zero-order valence-corrected chi connectivity index (χ0v) is 12.8. The van der Waals surface area contributed by atoms with Crippen molar-refractivity contribution in [2.45, 2.75) is 6.92 Å². The molecule has 0 aliphatic rings. The zero-order chi connectivity index (χ0) is 15.2. The van der Waals surface area contributed by atoms with E-state index < -0.39 is 0 Å². The van der Waals surface area contributed by atoms with Crippen molar-refractivity contribution in [2.75, 3.05) is 27.2 Å². The molecule has 0 saturated heterocycles. The maximum Gasteiger partial charge on any atom is 0.150 e. The molecule has 2 aromatic rings. The topological polar surface area (TPSA) is 29.5 Å². The Morgan fingerprint density at radius 3 is 2.43 bits per heavy atom. The number of ether oxygens (including phenoxy) is 1. The maximum atomic E-state index is 10.9. The average Bonchev–Trinajstić information content (AvgIpc) is 2.48. The predicted molar refractivity (Wildman–Crippen MR) is 86.1 cm³/mol. The third-order valence-electron chi connectivity index (χ3n) is 3.37. The lowest BCUT2D eigenvalue weighted by Gasteiger charge is -2.12. The van der Waals surface area contributed by atoms with Gasteiger partial charge in [-0.05, 0) is 55.9 Å². The van der Waals surface area contributed by atoms with Crippen LogP contribution >= 0.6 is 0 Å². The van der Waals surface area contributed by atoms with Crippen LogP contribution in [-0.2, 0) is 0 Å². The van der Waals surface area contributed by atoms with Gasteiger partial charge in [0.25, 0.3) is 0 Å². The Kier molecular flexibility index (Phi) is 5.12. The summed E-state index contributed by atoms with van der Waals surface area (Å²) < 4.78 is 5.68. The van der Waals surface area contributed by atoms with Gasteiger partial charge in [0.15, 0.2) is 0 Å². The molecule has 3 heteroatoms. The van der Waals surface area contributed by atoms with Crippen molar-refractivity contribution in [2.24, 2.45) is 0 Å². The Bertz CT molecular complexity index is 603. The summed E-state index contributed by atoms with van der Waals surface area (Å²) >= 11 is 0. The number of rotatable bonds is 6. The van der Waals surface area contributed by atoms with E-state index >= 15 is 0 Å². The quantitative estimate of drug-likeness (QED) is 0.761. The van der Waals surface area contributed by atoms with Crippen LogP contribution in [-0.4, -0.2) is 38.4 Å². The number of likely N-dealkylation sites (N-methyl/N-ethyl adjacent to an activating group) is 1. The van der Waals surface area contributed by atoms with Crippen molar-refractivity contribution >= 4 is 6.29 Å². The molecule has 0 aromatic heterocycles. The highest BCUT2D eigenvalue weighted by Crippen LogP contribution is 2.26. The van der Waals surface area contributed by atoms with E-state index in [1.54, 1.807) is 0 Å². The van der Waals surface area contributed by atoms with Gasteiger partial charge in [0.05, 0.1) is 0 Å². The van der Waals surface area contributed by atoms with E-state index in [0.717, 1.165) is 35.3 Å². The second-order valence-electron chi connectivity index (χ2n) is 5.37. The molecule has 0 atom stereocenters. The number of carbonyl (C=O) groups is 1. The van der Waals surface area contributed by atoms with Gasteiger partial charge in [0.2, 0.25) is 0 Å². The Labute approximate surface area is 126 Å². The first-order valence-electron chi connectivity index (χ1n) is 7.04. The summed E-state index contributed by atoms with van der Waals surface area (Å²) in [6.45, 7) is 3.61. The van der Waals surface area contributed by atoms with Crippen LogP contribution in [0.1, 0.15) is 15.9 Å². The second-order valence-corrected chi connectivity index (χ2v) is 5.37. The molecule has 0 aliphatic heterocycles. The van der Waals surface area contributed by atoms with Gasteiger partial charge in [-0.1, -0.05) is 24.3 Å². The molecule has 0 fully saturated rings. The smallest absolute Gasteiger partial charge is 0.150 e. The summed E-state index contributed by atoms with van der Waals surface area (Å²) in [6.07, 6.45) is 0.877. The molecular weight excluding hydrogens is 262 g/mol. The van der Waals surface area contributed by atoms with Crippen LogP contribution in [0.5, 0.6) is 5.75 Å². The fourth-order valence-corrected chi connectivity index (χ4v) is 2.10. The molecule has 2 aromatic carbocycles. The van der Waals surface area contributed by atoms with Gasteiger partial charge in [-0.3, -0.25) is 4.79 Å². The first-order valence-corrected chi connectivity index (χ1v) is 7.04. The van der Waals surface area contributed by atoms with Crippen LogP contribution in [0.25, 0.3) is 11.1 Å². The van der Waals surface area contributed by atoms with Crippen molar-refractivity contribution in [3.8, 4) is 16.9 Å². The maximum absolute atomic E-state index is 10.9. The van der Waals surface area contributed by atoms with Crippen molar-refractivity contribution in [1.29, 1.82) is 0 Å². The van der Waals surface area contributed by atoms with Gasteiger partial charge in [-0.25, -0.2) is 0 Å². The molecule has 0 amide bonds. The number of hydrogen-bond donors (Lipinski definition) is 0. The fraction of sp³-hybridized carbons (Fsp3) is 0.278. The third kappa shape index (κ3) is 4.17. The van der Waals surface area contributed by atoms with E-state index in [1.165, 1.54) is 0 Å². The molecule has 0 N–H and O–H groups in total. The van der Waals surface area contributed by atoms with E-state index in [4.69, 9.17) is 4.74 Å². The summed E-state index contributed by atoms with van der Waals surface area (Å²) in [5, 5.41) is 0. The minimum Gasteiger partial charge on any atom is -0.492 e. The minimum atomic E-state index is 0.673. The SMILES string of the molecule is Cc1ccc(C=O)cc1-c1ccc(OCCN(C)C)cc1. The predicted octanol–water partition coefficient (Wildman–Crippen LogP) is 3.41. The van der Waals surface area contributed by atoms with E-state index in [-0.39, 0.29) is 0 Å². The number of aldehydes is 1. The number of benzene rings is 2. The summed E-state index contributed by atoms with van der Waals surface area (Å²) in [4.78, 5) is 13.0. The Hall–Kier alpha value is -2.13. The molecule has 0 aliphatic carbocycles. The van der Waals surface area contributed by atoms with Gasteiger partial charge in [0.1, 0.15) is 18.6 Å². The highest BCUT2D eigenvalue weighted by atomic mass is 16.5. The van der Waals surface area contributed by atoms with Crippen LogP contribution in [0, 0.1) is 6.92 Å². The molecule has 3 nitrogen and oxygen atoms in total. The number of hydrogen-bond acceptors (Lipinski definition) is 3. The molecular formula is C18H21NO2. The summed E-state index contributed by atoms with van der Waals surface area (Å²) in [6, 6.07) is 13.7. The van der Waals surface area contributed by atoms with Crippen LogP contribution in [0.4, 0.5) is 0 Å². The molecule has 0 radical (unpaired) electrons. The lowest BCUT2D eigenvalue weighted by molar-refractivity contribution is 0.112. The van der Waals surface area contributed by atoms with Gasteiger partial charge >= 0.3 is 0 Å². The molecule has 0 unspecified atom stereocenters. The molecule has 0 bridgehead atoms. The summed E-state index contributed by atoms with van der Waals surface area (Å²) in [7, 11) is 4.05. The fourth-order valence-electron chi connectivity index (χ4n) is 2.10. The number of nitrogens with zero attached hydrogens (tertiary/aromatic N) is 1. The van der Waals surface area contributed by atoms with Crippen LogP contribution in [0.2, 0.25) is 0 Å². The third-order valence-corrected chi connectivity index (χ3v) is 3.37. The normalized spacial score (nSPS) is 10.7. The van der Waals surface area contributed by atoms with E-state index in [9.17, 15) is 4.79 Å². The monoisotopic (exact) mass is 283 g/mol. The van der Waals surface area contributed by atoms with Crippen LogP contribution < -0.4 is 4.74 Å². The number of carbonyl (C=O) groups excluding carboxylic acids is 1. The first-order chi connectivity index (χ1) is 10.1. The van der Waals surface area contributed by atoms with Crippen molar-refractivity contribution in [3.05, 3.63) is 53.6 Å². The van der Waals surface area contributed by atoms with Crippen molar-refractivity contribution in [1.82, 2.24) is 4.90 Å². The average molecular weight is 283 g/mol.